The van der Waals surface area contributed by atoms with Crippen molar-refractivity contribution in [2.45, 2.75) is 50.3 Å². The van der Waals surface area contributed by atoms with Crippen molar-refractivity contribution in [3.05, 3.63) is 29.8 Å². The third-order valence-corrected chi connectivity index (χ3v) is 4.06. The van der Waals surface area contributed by atoms with Gasteiger partial charge in [0.15, 0.2) is 0 Å². The van der Waals surface area contributed by atoms with Gasteiger partial charge in [0.25, 0.3) is 0 Å². The topological polar surface area (TPSA) is 38.3 Å². The summed E-state index contributed by atoms with van der Waals surface area (Å²) < 4.78 is 5.03. The Hall–Kier alpha value is -1.00. The number of hydrogen-bond donors (Lipinski definition) is 1. The Kier molecular flexibility index (Phi) is 7.70. The van der Waals surface area contributed by atoms with Crippen LogP contribution in [-0.4, -0.2) is 24.4 Å². The van der Waals surface area contributed by atoms with E-state index in [1.807, 2.05) is 26.0 Å². The zero-order valence-corrected chi connectivity index (χ0v) is 13.6. The molecule has 0 radical (unpaired) electrons. The van der Waals surface area contributed by atoms with Crippen LogP contribution in [0.1, 0.15) is 45.7 Å². The van der Waals surface area contributed by atoms with E-state index < -0.39 is 0 Å². The molecule has 2 atom stereocenters. The van der Waals surface area contributed by atoms with E-state index in [1.54, 1.807) is 11.8 Å². The van der Waals surface area contributed by atoms with E-state index in [0.29, 0.717) is 12.6 Å². The lowest BCUT2D eigenvalue weighted by molar-refractivity contribution is -0.142. The van der Waals surface area contributed by atoms with Crippen molar-refractivity contribution in [3.63, 3.8) is 0 Å². The lowest BCUT2D eigenvalue weighted by Gasteiger charge is -2.15. The van der Waals surface area contributed by atoms with Crippen LogP contribution in [0, 0.1) is 0 Å². The second-order valence-corrected chi connectivity index (χ2v) is 6.17. The van der Waals surface area contributed by atoms with Crippen LogP contribution in [0.25, 0.3) is 0 Å². The molecule has 0 amide bonds. The molecule has 0 aliphatic rings. The quantitative estimate of drug-likeness (QED) is 0.585. The molecule has 1 N–H and O–H groups in total. The first-order valence-electron chi connectivity index (χ1n) is 7.25. The molecular weight excluding hydrogens is 270 g/mol. The maximum atomic E-state index is 11.7. The summed E-state index contributed by atoms with van der Waals surface area (Å²) in [5, 5.41) is 3.29. The van der Waals surface area contributed by atoms with E-state index in [9.17, 15) is 4.79 Å². The average molecular weight is 295 g/mol. The Morgan fingerprint density at radius 1 is 1.35 bits per heavy atom. The molecule has 0 saturated heterocycles. The van der Waals surface area contributed by atoms with Crippen molar-refractivity contribution >= 4 is 17.7 Å². The highest BCUT2D eigenvalue weighted by molar-refractivity contribution is 8.00. The number of hydrogen-bond acceptors (Lipinski definition) is 4. The molecule has 0 saturated carbocycles. The minimum Gasteiger partial charge on any atom is -0.465 e. The number of ether oxygens (including phenoxy) is 1. The van der Waals surface area contributed by atoms with Gasteiger partial charge >= 0.3 is 5.97 Å². The van der Waals surface area contributed by atoms with Gasteiger partial charge in [-0.3, -0.25) is 4.79 Å². The van der Waals surface area contributed by atoms with Gasteiger partial charge in [-0.05, 0) is 51.4 Å². The SMILES string of the molecule is CCCNC(C)c1cccc(SC(C)C(=O)OCC)c1. The fourth-order valence-electron chi connectivity index (χ4n) is 1.85. The third kappa shape index (κ3) is 5.55. The molecule has 0 aromatic heterocycles. The molecule has 2 unspecified atom stereocenters. The molecule has 1 rings (SSSR count). The van der Waals surface area contributed by atoms with Crippen LogP contribution in [0.15, 0.2) is 29.2 Å². The van der Waals surface area contributed by atoms with Gasteiger partial charge in [0.05, 0.1) is 6.61 Å². The predicted octanol–water partition coefficient (Wildman–Crippen LogP) is 3.79. The summed E-state index contributed by atoms with van der Waals surface area (Å²) in [6.07, 6.45) is 1.12. The smallest absolute Gasteiger partial charge is 0.319 e. The first-order chi connectivity index (χ1) is 9.58. The molecule has 4 heteroatoms. The second-order valence-electron chi connectivity index (χ2n) is 4.76. The van der Waals surface area contributed by atoms with Gasteiger partial charge < -0.3 is 10.1 Å². The Balaban J connectivity index is 2.65. The van der Waals surface area contributed by atoms with Gasteiger partial charge in [-0.2, -0.15) is 0 Å². The van der Waals surface area contributed by atoms with Gasteiger partial charge in [0.1, 0.15) is 5.25 Å². The fraction of sp³-hybridized carbons (Fsp3) is 0.562. The number of esters is 1. The Bertz CT molecular complexity index is 423. The summed E-state index contributed by atoms with van der Waals surface area (Å²) in [6, 6.07) is 8.67. The van der Waals surface area contributed by atoms with Crippen molar-refractivity contribution in [2.24, 2.45) is 0 Å². The molecule has 112 valence electrons. The molecule has 0 fully saturated rings. The third-order valence-electron chi connectivity index (χ3n) is 2.99. The van der Waals surface area contributed by atoms with E-state index in [2.05, 4.69) is 31.3 Å². The number of benzene rings is 1. The van der Waals surface area contributed by atoms with E-state index in [-0.39, 0.29) is 11.2 Å². The summed E-state index contributed by atoms with van der Waals surface area (Å²) in [6.45, 7) is 9.48. The van der Waals surface area contributed by atoms with Crippen molar-refractivity contribution in [1.29, 1.82) is 0 Å². The Labute approximate surface area is 126 Å². The molecular formula is C16H25NO2S. The molecule has 0 heterocycles. The number of nitrogens with one attached hydrogen (secondary N) is 1. The Morgan fingerprint density at radius 3 is 2.75 bits per heavy atom. The van der Waals surface area contributed by atoms with Gasteiger partial charge in [-0.25, -0.2) is 0 Å². The molecule has 20 heavy (non-hydrogen) atoms. The van der Waals surface area contributed by atoms with Crippen LogP contribution in [0.5, 0.6) is 0 Å². The first kappa shape index (κ1) is 17.1. The summed E-state index contributed by atoms with van der Waals surface area (Å²) in [5.41, 5.74) is 1.25. The van der Waals surface area contributed by atoms with E-state index in [1.165, 1.54) is 5.56 Å². The first-order valence-corrected chi connectivity index (χ1v) is 8.13. The minimum atomic E-state index is -0.177. The van der Waals surface area contributed by atoms with Crippen LogP contribution in [0.3, 0.4) is 0 Å². The van der Waals surface area contributed by atoms with E-state index in [4.69, 9.17) is 4.74 Å². The standard InChI is InChI=1S/C16H25NO2S/c1-5-10-17-12(3)14-8-7-9-15(11-14)20-13(4)16(18)19-6-2/h7-9,11-13,17H,5-6,10H2,1-4H3. The highest BCUT2D eigenvalue weighted by Gasteiger charge is 2.15. The van der Waals surface area contributed by atoms with Gasteiger partial charge in [-0.1, -0.05) is 19.1 Å². The van der Waals surface area contributed by atoms with E-state index in [0.717, 1.165) is 17.9 Å². The predicted molar refractivity (Wildman–Crippen MR) is 85.1 cm³/mol. The molecule has 3 nitrogen and oxygen atoms in total. The molecule has 0 spiro atoms. The highest BCUT2D eigenvalue weighted by atomic mass is 32.2. The normalized spacial score (nSPS) is 13.8. The maximum absolute atomic E-state index is 11.7. The second kappa shape index (κ2) is 9.03. The van der Waals surface area contributed by atoms with Crippen LogP contribution in [-0.2, 0) is 9.53 Å². The molecule has 1 aromatic carbocycles. The Morgan fingerprint density at radius 2 is 2.10 bits per heavy atom. The molecule has 1 aromatic rings. The van der Waals surface area contributed by atoms with Crippen molar-refractivity contribution in [3.8, 4) is 0 Å². The summed E-state index contributed by atoms with van der Waals surface area (Å²) in [4.78, 5) is 12.8. The summed E-state index contributed by atoms with van der Waals surface area (Å²) in [5.74, 6) is -0.153. The van der Waals surface area contributed by atoms with Gasteiger partial charge in [0.2, 0.25) is 0 Å². The van der Waals surface area contributed by atoms with Crippen LogP contribution >= 0.6 is 11.8 Å². The molecule has 0 aliphatic carbocycles. The van der Waals surface area contributed by atoms with Crippen molar-refractivity contribution < 1.29 is 9.53 Å². The van der Waals surface area contributed by atoms with Gasteiger partial charge in [-0.15, -0.1) is 11.8 Å². The van der Waals surface area contributed by atoms with E-state index >= 15 is 0 Å². The summed E-state index contributed by atoms with van der Waals surface area (Å²) >= 11 is 1.54. The maximum Gasteiger partial charge on any atom is 0.319 e. The number of thioether (sulfide) groups is 1. The van der Waals surface area contributed by atoms with Crippen molar-refractivity contribution in [2.75, 3.05) is 13.2 Å². The van der Waals surface area contributed by atoms with Gasteiger partial charge in [0, 0.05) is 10.9 Å². The fourth-order valence-corrected chi connectivity index (χ4v) is 2.78. The largest absolute Gasteiger partial charge is 0.465 e. The monoisotopic (exact) mass is 295 g/mol. The molecule has 0 aliphatic heterocycles. The lowest BCUT2D eigenvalue weighted by atomic mass is 10.1. The number of rotatable bonds is 8. The highest BCUT2D eigenvalue weighted by Crippen LogP contribution is 2.26. The minimum absolute atomic E-state index is 0.153. The average Bonchev–Trinajstić information content (AvgIpc) is 2.45. The van der Waals surface area contributed by atoms with Crippen LogP contribution in [0.4, 0.5) is 0 Å². The zero-order valence-electron chi connectivity index (χ0n) is 12.8. The number of carbonyl (C=O) groups excluding carboxylic acids is 1. The van der Waals surface area contributed by atoms with Crippen molar-refractivity contribution in [1.82, 2.24) is 5.32 Å². The van der Waals surface area contributed by atoms with Crippen LogP contribution < -0.4 is 5.32 Å². The molecule has 0 bridgehead atoms. The summed E-state index contributed by atoms with van der Waals surface area (Å²) in [7, 11) is 0. The zero-order chi connectivity index (χ0) is 15.0. The number of carbonyl (C=O) groups is 1. The van der Waals surface area contributed by atoms with Crippen LogP contribution in [0.2, 0.25) is 0 Å². The lowest BCUT2D eigenvalue weighted by Crippen LogP contribution is -2.19.